The van der Waals surface area contributed by atoms with Crippen LogP contribution in [-0.2, 0) is 10.0 Å². The predicted molar refractivity (Wildman–Crippen MR) is 103 cm³/mol. The van der Waals surface area contributed by atoms with Crippen molar-refractivity contribution in [2.45, 2.75) is 4.90 Å². The fourth-order valence-electron chi connectivity index (χ4n) is 2.16. The second kappa shape index (κ2) is 7.84. The topological polar surface area (TPSA) is 92.1 Å². The number of nitrogens with zero attached hydrogens (tertiary/aromatic N) is 2. The molecule has 0 bridgehead atoms. The Labute approximate surface area is 166 Å². The van der Waals surface area contributed by atoms with E-state index in [1.165, 1.54) is 42.6 Å². The molecule has 0 amide bonds. The maximum Gasteiger partial charge on any atom is 0.261 e. The highest BCUT2D eigenvalue weighted by atomic mass is 35.5. The molecule has 3 rings (SSSR count). The summed E-state index contributed by atoms with van der Waals surface area (Å²) in [6.45, 7) is 0. The van der Waals surface area contributed by atoms with E-state index in [9.17, 15) is 8.42 Å². The summed E-state index contributed by atoms with van der Waals surface area (Å²) in [6, 6.07) is 15.5. The summed E-state index contributed by atoms with van der Waals surface area (Å²) in [5.41, 5.74) is 0.491. The van der Waals surface area contributed by atoms with Crippen LogP contribution in [0.4, 0.5) is 5.69 Å². The van der Waals surface area contributed by atoms with Crippen molar-refractivity contribution in [2.24, 2.45) is 0 Å². The molecule has 0 aliphatic carbocycles. The zero-order valence-electron chi connectivity index (χ0n) is 13.6. The van der Waals surface area contributed by atoms with Crippen LogP contribution < -0.4 is 9.46 Å². The third-order valence-electron chi connectivity index (χ3n) is 3.43. The number of pyridine rings is 1. The maximum absolute atomic E-state index is 12.4. The molecule has 3 aromatic rings. The van der Waals surface area contributed by atoms with Crippen LogP contribution in [0.1, 0.15) is 5.56 Å². The Hall–Kier alpha value is -2.79. The predicted octanol–water partition coefficient (Wildman–Crippen LogP) is 4.85. The van der Waals surface area contributed by atoms with Gasteiger partial charge in [0, 0.05) is 0 Å². The van der Waals surface area contributed by atoms with E-state index in [0.29, 0.717) is 5.75 Å². The molecular formula is C18H11Cl2N3O3S. The van der Waals surface area contributed by atoms with Gasteiger partial charge in [0.05, 0.1) is 21.8 Å². The second-order valence-corrected chi connectivity index (χ2v) is 7.75. The van der Waals surface area contributed by atoms with E-state index in [4.69, 9.17) is 33.2 Å². The highest BCUT2D eigenvalue weighted by Gasteiger charge is 2.15. The van der Waals surface area contributed by atoms with Crippen LogP contribution in [-0.4, -0.2) is 13.4 Å². The molecule has 0 saturated carbocycles. The van der Waals surface area contributed by atoms with Crippen LogP contribution in [0.15, 0.2) is 65.7 Å². The normalized spacial score (nSPS) is 10.9. The van der Waals surface area contributed by atoms with Crippen molar-refractivity contribution in [1.29, 1.82) is 5.26 Å². The Morgan fingerprint density at radius 1 is 1.04 bits per heavy atom. The highest BCUT2D eigenvalue weighted by Crippen LogP contribution is 2.30. The summed E-state index contributed by atoms with van der Waals surface area (Å²) in [6.07, 6.45) is 1.32. The summed E-state index contributed by atoms with van der Waals surface area (Å²) in [5.74, 6) is 0.645. The van der Waals surface area contributed by atoms with Gasteiger partial charge >= 0.3 is 0 Å². The number of hydrogen-bond acceptors (Lipinski definition) is 5. The first kappa shape index (κ1) is 19.0. The lowest BCUT2D eigenvalue weighted by molar-refractivity contribution is 0.480. The van der Waals surface area contributed by atoms with E-state index in [-0.39, 0.29) is 32.1 Å². The zero-order valence-corrected chi connectivity index (χ0v) is 15.9. The van der Waals surface area contributed by atoms with Crippen molar-refractivity contribution < 1.29 is 13.2 Å². The lowest BCUT2D eigenvalue weighted by Gasteiger charge is -2.10. The Balaban J connectivity index is 1.80. The number of halogens is 2. The fraction of sp³-hybridized carbons (Fsp3) is 0. The number of nitriles is 1. The van der Waals surface area contributed by atoms with Crippen LogP contribution in [0.3, 0.4) is 0 Å². The number of sulfonamides is 1. The van der Waals surface area contributed by atoms with Gasteiger partial charge in [-0.3, -0.25) is 4.72 Å². The van der Waals surface area contributed by atoms with Gasteiger partial charge in [-0.2, -0.15) is 5.26 Å². The SMILES string of the molecule is N#Cc1c(Cl)cccc1Oc1ccc(S(=O)(=O)Nc2ccc(Cl)nc2)cc1. The average Bonchev–Trinajstić information content (AvgIpc) is 2.64. The maximum atomic E-state index is 12.4. The van der Waals surface area contributed by atoms with Crippen molar-refractivity contribution in [3.8, 4) is 17.6 Å². The largest absolute Gasteiger partial charge is 0.456 e. The molecule has 0 aliphatic rings. The van der Waals surface area contributed by atoms with E-state index in [2.05, 4.69) is 9.71 Å². The van der Waals surface area contributed by atoms with Gasteiger partial charge in [-0.1, -0.05) is 29.3 Å². The van der Waals surface area contributed by atoms with Crippen molar-refractivity contribution in [2.75, 3.05) is 4.72 Å². The summed E-state index contributed by atoms with van der Waals surface area (Å²) in [5, 5.41) is 9.70. The molecule has 1 aromatic heterocycles. The van der Waals surface area contributed by atoms with Gasteiger partial charge in [-0.05, 0) is 48.5 Å². The smallest absolute Gasteiger partial charge is 0.261 e. The van der Waals surface area contributed by atoms with Crippen LogP contribution >= 0.6 is 23.2 Å². The van der Waals surface area contributed by atoms with E-state index < -0.39 is 10.0 Å². The monoisotopic (exact) mass is 419 g/mol. The quantitative estimate of drug-likeness (QED) is 0.596. The van der Waals surface area contributed by atoms with Gasteiger partial charge in [0.25, 0.3) is 10.0 Å². The number of anilines is 1. The van der Waals surface area contributed by atoms with Gasteiger partial charge in [-0.25, -0.2) is 13.4 Å². The lowest BCUT2D eigenvalue weighted by Crippen LogP contribution is -2.12. The average molecular weight is 420 g/mol. The first-order valence-corrected chi connectivity index (χ1v) is 9.74. The molecule has 0 radical (unpaired) electrons. The molecule has 1 N–H and O–H groups in total. The number of hydrogen-bond donors (Lipinski definition) is 1. The van der Waals surface area contributed by atoms with Crippen molar-refractivity contribution >= 4 is 38.9 Å². The molecule has 0 unspecified atom stereocenters. The van der Waals surface area contributed by atoms with E-state index in [1.807, 2.05) is 6.07 Å². The Morgan fingerprint density at radius 3 is 2.41 bits per heavy atom. The molecule has 9 heteroatoms. The first-order chi connectivity index (χ1) is 12.9. The molecule has 6 nitrogen and oxygen atoms in total. The highest BCUT2D eigenvalue weighted by molar-refractivity contribution is 7.92. The van der Waals surface area contributed by atoms with Gasteiger partial charge in [0.1, 0.15) is 28.3 Å². The lowest BCUT2D eigenvalue weighted by atomic mass is 10.2. The standard InChI is InChI=1S/C18H11Cl2N3O3S/c19-16-2-1-3-17(15(16)10-21)26-13-5-7-14(8-6-13)27(24,25)23-12-4-9-18(20)22-11-12/h1-9,11,23H. The van der Waals surface area contributed by atoms with E-state index in [0.717, 1.165) is 0 Å². The minimum absolute atomic E-state index is 0.0383. The van der Waals surface area contributed by atoms with Crippen LogP contribution in [0.25, 0.3) is 0 Å². The van der Waals surface area contributed by atoms with E-state index in [1.54, 1.807) is 18.2 Å². The minimum Gasteiger partial charge on any atom is -0.456 e. The van der Waals surface area contributed by atoms with Crippen LogP contribution in [0.5, 0.6) is 11.5 Å². The number of nitrogens with one attached hydrogen (secondary N) is 1. The van der Waals surface area contributed by atoms with Gasteiger partial charge in [0.2, 0.25) is 0 Å². The Kier molecular flexibility index (Phi) is 5.51. The fourth-order valence-corrected chi connectivity index (χ4v) is 3.53. The summed E-state index contributed by atoms with van der Waals surface area (Å²) < 4.78 is 32.9. The molecule has 0 fully saturated rings. The first-order valence-electron chi connectivity index (χ1n) is 7.50. The molecule has 136 valence electrons. The molecule has 2 aromatic carbocycles. The summed E-state index contributed by atoms with van der Waals surface area (Å²) in [7, 11) is -3.80. The minimum atomic E-state index is -3.80. The third kappa shape index (κ3) is 4.49. The molecule has 1 heterocycles. The van der Waals surface area contributed by atoms with Crippen molar-refractivity contribution in [3.05, 3.63) is 76.5 Å². The molecule has 27 heavy (non-hydrogen) atoms. The molecule has 0 atom stereocenters. The van der Waals surface area contributed by atoms with Crippen molar-refractivity contribution in [1.82, 2.24) is 4.98 Å². The van der Waals surface area contributed by atoms with Crippen LogP contribution in [0.2, 0.25) is 10.2 Å². The second-order valence-electron chi connectivity index (χ2n) is 5.27. The van der Waals surface area contributed by atoms with Gasteiger partial charge < -0.3 is 4.74 Å². The summed E-state index contributed by atoms with van der Waals surface area (Å²) in [4.78, 5) is 3.86. The number of rotatable bonds is 5. The number of ether oxygens (including phenoxy) is 1. The molecule has 0 saturated heterocycles. The van der Waals surface area contributed by atoms with Gasteiger partial charge in [0.15, 0.2) is 0 Å². The summed E-state index contributed by atoms with van der Waals surface area (Å²) >= 11 is 11.6. The third-order valence-corrected chi connectivity index (χ3v) is 5.36. The molecular weight excluding hydrogens is 409 g/mol. The van der Waals surface area contributed by atoms with Crippen LogP contribution in [0, 0.1) is 11.3 Å². The van der Waals surface area contributed by atoms with E-state index >= 15 is 0 Å². The Bertz CT molecular complexity index is 1110. The molecule has 0 spiro atoms. The molecule has 0 aliphatic heterocycles. The van der Waals surface area contributed by atoms with Crippen molar-refractivity contribution in [3.63, 3.8) is 0 Å². The zero-order chi connectivity index (χ0) is 19.4. The number of benzene rings is 2. The number of aromatic nitrogens is 1. The Morgan fingerprint density at radius 2 is 1.78 bits per heavy atom. The van der Waals surface area contributed by atoms with Gasteiger partial charge in [-0.15, -0.1) is 0 Å².